The molecule has 0 aliphatic heterocycles. The summed E-state index contributed by atoms with van der Waals surface area (Å²) < 4.78 is 38.5. The van der Waals surface area contributed by atoms with Crippen LogP contribution >= 0.6 is 22.7 Å². The van der Waals surface area contributed by atoms with Crippen molar-refractivity contribution >= 4 is 38.0 Å². The molecule has 0 spiro atoms. The highest BCUT2D eigenvalue weighted by atomic mass is 32.1. The van der Waals surface area contributed by atoms with Gasteiger partial charge in [-0.3, -0.25) is 0 Å². The minimum Gasteiger partial charge on any atom is -0.356 e. The van der Waals surface area contributed by atoms with Crippen molar-refractivity contribution in [1.29, 1.82) is 0 Å². The number of nitrogens with one attached hydrogen (secondary N) is 1. The molecule has 0 saturated heterocycles. The Labute approximate surface area is 120 Å². The Kier molecular flexibility index (Phi) is 3.35. The summed E-state index contributed by atoms with van der Waals surface area (Å²) in [7, 11) is 0. The lowest BCUT2D eigenvalue weighted by Crippen LogP contribution is -2.04. The summed E-state index contributed by atoms with van der Waals surface area (Å²) >= 11 is 2.82. The van der Waals surface area contributed by atoms with Gasteiger partial charge in [0.1, 0.15) is 0 Å². The van der Waals surface area contributed by atoms with E-state index in [1.54, 1.807) is 5.51 Å². The number of alkyl halides is 3. The van der Waals surface area contributed by atoms with E-state index in [0.29, 0.717) is 17.2 Å². The summed E-state index contributed by atoms with van der Waals surface area (Å²) in [4.78, 5) is 8.29. The maximum absolute atomic E-state index is 12.6. The molecule has 0 fully saturated rings. The average molecular weight is 315 g/mol. The van der Waals surface area contributed by atoms with E-state index in [0.717, 1.165) is 22.5 Å². The number of anilines is 1. The smallest absolute Gasteiger partial charge is 0.356 e. The Hall–Kier alpha value is -1.67. The molecule has 1 N–H and O–H groups in total. The standard InChI is InChI=1S/C12H8F3N3S2/c13-12(14,15)7-1-2-10-9(3-7)18-11(20-10)16-4-8-5-19-6-17-8/h1-3,5-6H,4H2,(H,16,18). The molecule has 20 heavy (non-hydrogen) atoms. The van der Waals surface area contributed by atoms with Gasteiger partial charge < -0.3 is 5.32 Å². The van der Waals surface area contributed by atoms with E-state index in [1.807, 2.05) is 5.38 Å². The summed E-state index contributed by atoms with van der Waals surface area (Å²) in [5.74, 6) is 0. The fourth-order valence-electron chi connectivity index (χ4n) is 1.67. The first-order valence-corrected chi connectivity index (χ1v) is 7.37. The van der Waals surface area contributed by atoms with E-state index in [1.165, 1.54) is 28.7 Å². The van der Waals surface area contributed by atoms with Gasteiger partial charge in [0.2, 0.25) is 0 Å². The third-order valence-electron chi connectivity index (χ3n) is 2.62. The van der Waals surface area contributed by atoms with Crippen LogP contribution in [0, 0.1) is 0 Å². The number of aromatic nitrogens is 2. The van der Waals surface area contributed by atoms with Crippen LogP contribution in [0.5, 0.6) is 0 Å². The molecular formula is C12H8F3N3S2. The first kappa shape index (κ1) is 13.3. The predicted molar refractivity (Wildman–Crippen MR) is 74.1 cm³/mol. The highest BCUT2D eigenvalue weighted by Gasteiger charge is 2.30. The molecule has 0 unspecified atom stereocenters. The van der Waals surface area contributed by atoms with Crippen molar-refractivity contribution in [3.8, 4) is 0 Å². The van der Waals surface area contributed by atoms with Crippen molar-refractivity contribution in [2.45, 2.75) is 12.7 Å². The molecule has 0 atom stereocenters. The van der Waals surface area contributed by atoms with Gasteiger partial charge in [-0.2, -0.15) is 13.2 Å². The van der Waals surface area contributed by atoms with E-state index in [9.17, 15) is 13.2 Å². The van der Waals surface area contributed by atoms with Gasteiger partial charge in [-0.05, 0) is 18.2 Å². The average Bonchev–Trinajstić information content (AvgIpc) is 3.03. The quantitative estimate of drug-likeness (QED) is 0.779. The largest absolute Gasteiger partial charge is 0.416 e. The monoisotopic (exact) mass is 315 g/mol. The maximum Gasteiger partial charge on any atom is 0.416 e. The van der Waals surface area contributed by atoms with Crippen LogP contribution in [-0.2, 0) is 12.7 Å². The number of nitrogens with zero attached hydrogens (tertiary/aromatic N) is 2. The topological polar surface area (TPSA) is 37.8 Å². The van der Waals surface area contributed by atoms with E-state index in [4.69, 9.17) is 0 Å². The second kappa shape index (κ2) is 5.02. The number of fused-ring (bicyclic) bond motifs is 1. The summed E-state index contributed by atoms with van der Waals surface area (Å²) in [5.41, 5.74) is 2.28. The fourth-order valence-corrected chi connectivity index (χ4v) is 3.07. The van der Waals surface area contributed by atoms with E-state index >= 15 is 0 Å². The lowest BCUT2D eigenvalue weighted by Gasteiger charge is -2.04. The van der Waals surface area contributed by atoms with Gasteiger partial charge in [-0.25, -0.2) is 9.97 Å². The van der Waals surface area contributed by atoms with Gasteiger partial charge in [0, 0.05) is 5.38 Å². The number of hydrogen-bond acceptors (Lipinski definition) is 5. The molecule has 2 aromatic heterocycles. The lowest BCUT2D eigenvalue weighted by molar-refractivity contribution is -0.137. The number of halogens is 3. The Bertz CT molecular complexity index is 719. The Morgan fingerprint density at radius 2 is 2.10 bits per heavy atom. The van der Waals surface area contributed by atoms with Crippen LogP contribution < -0.4 is 5.32 Å². The van der Waals surface area contributed by atoms with Gasteiger partial charge in [0.15, 0.2) is 5.13 Å². The number of hydrogen-bond donors (Lipinski definition) is 1. The third-order valence-corrected chi connectivity index (χ3v) is 4.25. The molecule has 3 aromatic rings. The van der Waals surface area contributed by atoms with Crippen LogP contribution in [0.25, 0.3) is 10.2 Å². The zero-order chi connectivity index (χ0) is 14.2. The summed E-state index contributed by atoms with van der Waals surface area (Å²) in [5, 5.41) is 5.56. The zero-order valence-electron chi connectivity index (χ0n) is 9.94. The van der Waals surface area contributed by atoms with Crippen LogP contribution in [0.4, 0.5) is 18.3 Å². The van der Waals surface area contributed by atoms with Crippen LogP contribution in [0.15, 0.2) is 29.1 Å². The summed E-state index contributed by atoms with van der Waals surface area (Å²) in [6, 6.07) is 3.59. The van der Waals surface area contributed by atoms with Crippen molar-refractivity contribution in [2.75, 3.05) is 5.32 Å². The normalized spacial score (nSPS) is 11.9. The zero-order valence-corrected chi connectivity index (χ0v) is 11.6. The lowest BCUT2D eigenvalue weighted by atomic mass is 10.2. The Morgan fingerprint density at radius 1 is 1.25 bits per heavy atom. The first-order chi connectivity index (χ1) is 9.52. The minimum absolute atomic E-state index is 0.352. The molecule has 0 saturated carbocycles. The van der Waals surface area contributed by atoms with Crippen LogP contribution in [-0.4, -0.2) is 9.97 Å². The summed E-state index contributed by atoms with van der Waals surface area (Å²) in [6.07, 6.45) is -4.34. The van der Waals surface area contributed by atoms with Crippen LogP contribution in [0.3, 0.4) is 0 Å². The van der Waals surface area contributed by atoms with Crippen LogP contribution in [0.1, 0.15) is 11.3 Å². The molecule has 0 bridgehead atoms. The highest BCUT2D eigenvalue weighted by molar-refractivity contribution is 7.22. The molecule has 104 valence electrons. The Morgan fingerprint density at radius 3 is 2.80 bits per heavy atom. The van der Waals surface area contributed by atoms with Crippen molar-refractivity contribution in [2.24, 2.45) is 0 Å². The van der Waals surface area contributed by atoms with Gasteiger partial charge in [-0.15, -0.1) is 11.3 Å². The second-order valence-electron chi connectivity index (χ2n) is 4.03. The highest BCUT2D eigenvalue weighted by Crippen LogP contribution is 2.34. The fraction of sp³-hybridized carbons (Fsp3) is 0.167. The van der Waals surface area contributed by atoms with E-state index in [2.05, 4.69) is 15.3 Å². The number of rotatable bonds is 3. The second-order valence-corrected chi connectivity index (χ2v) is 5.78. The van der Waals surface area contributed by atoms with Gasteiger partial charge in [0.05, 0.1) is 33.5 Å². The van der Waals surface area contributed by atoms with Crippen molar-refractivity contribution in [1.82, 2.24) is 9.97 Å². The molecule has 2 heterocycles. The molecule has 0 aliphatic carbocycles. The minimum atomic E-state index is -4.34. The predicted octanol–water partition coefficient (Wildman–Crippen LogP) is 4.38. The van der Waals surface area contributed by atoms with Crippen LogP contribution in [0.2, 0.25) is 0 Å². The molecule has 0 radical (unpaired) electrons. The molecule has 0 amide bonds. The molecule has 8 heteroatoms. The molecular weight excluding hydrogens is 307 g/mol. The third kappa shape index (κ3) is 2.75. The molecule has 3 rings (SSSR count). The van der Waals surface area contributed by atoms with Gasteiger partial charge >= 0.3 is 6.18 Å². The summed E-state index contributed by atoms with van der Waals surface area (Å²) in [6.45, 7) is 0.509. The first-order valence-electron chi connectivity index (χ1n) is 5.61. The molecule has 1 aromatic carbocycles. The number of benzene rings is 1. The SMILES string of the molecule is FC(F)(F)c1ccc2sc(NCc3cscn3)nc2c1. The Balaban J connectivity index is 1.83. The molecule has 0 aliphatic rings. The molecule has 3 nitrogen and oxygen atoms in total. The van der Waals surface area contributed by atoms with E-state index < -0.39 is 11.7 Å². The van der Waals surface area contributed by atoms with Gasteiger partial charge in [-0.1, -0.05) is 11.3 Å². The van der Waals surface area contributed by atoms with Crippen molar-refractivity contribution < 1.29 is 13.2 Å². The van der Waals surface area contributed by atoms with Crippen molar-refractivity contribution in [3.63, 3.8) is 0 Å². The van der Waals surface area contributed by atoms with Gasteiger partial charge in [0.25, 0.3) is 0 Å². The number of thiazole rings is 2. The maximum atomic E-state index is 12.6. The van der Waals surface area contributed by atoms with Crippen molar-refractivity contribution in [3.05, 3.63) is 40.3 Å². The van der Waals surface area contributed by atoms with E-state index in [-0.39, 0.29) is 0 Å².